The average molecular weight is 1010 g/mol. The topological polar surface area (TPSA) is 78.9 Å². The second-order valence-electron chi connectivity index (χ2n) is 21.0. The summed E-state index contributed by atoms with van der Waals surface area (Å²) in [6.45, 7) is 6.52. The van der Waals surface area contributed by atoms with Crippen molar-refractivity contribution in [3.05, 3.63) is 60.8 Å². The maximum absolute atomic E-state index is 12.8. The summed E-state index contributed by atoms with van der Waals surface area (Å²) in [6, 6.07) is 0. The Morgan fingerprint density at radius 2 is 0.542 bits per heavy atom. The Morgan fingerprint density at radius 3 is 0.847 bits per heavy atom. The fourth-order valence-corrected chi connectivity index (χ4v) is 9.12. The fraction of sp³-hybridized carbons (Fsp3) is 0.803. The molecule has 6 nitrogen and oxygen atoms in total. The van der Waals surface area contributed by atoms with Gasteiger partial charge in [0.25, 0.3) is 0 Å². The summed E-state index contributed by atoms with van der Waals surface area (Å²) in [5, 5.41) is 0. The standard InChI is InChI=1S/C66H118O6/c1-4-7-10-13-16-18-20-22-24-26-27-28-29-30-31-32-33-34-35-36-37-38-39-40-42-43-45-47-50-53-56-59-65(68)71-62-63(61-70-64(67)58-55-52-49-15-12-9-6-3)72-66(69)60-57-54-51-48-46-44-41-25-23-21-19-17-14-11-8-5-2/h7,10,16,18,22,24,27-28,30-31,63H,4-6,8-9,11-15,17,19-21,23,25-26,29,32-62H2,1-3H3/b10-7-,18-16-,24-22-,28-27-,31-30-. The number of carbonyl (C=O) groups is 3. The molecule has 0 saturated carbocycles. The Kier molecular flexibility index (Phi) is 58.2. The highest BCUT2D eigenvalue weighted by Crippen LogP contribution is 2.17. The van der Waals surface area contributed by atoms with Crippen molar-refractivity contribution < 1.29 is 28.6 Å². The van der Waals surface area contributed by atoms with Crippen LogP contribution in [0, 0.1) is 0 Å². The first-order chi connectivity index (χ1) is 35.5. The Balaban J connectivity index is 4.03. The number of rotatable bonds is 57. The monoisotopic (exact) mass is 1010 g/mol. The minimum absolute atomic E-state index is 0.0687. The van der Waals surface area contributed by atoms with Crippen LogP contribution in [-0.4, -0.2) is 37.2 Å². The Morgan fingerprint density at radius 1 is 0.292 bits per heavy atom. The van der Waals surface area contributed by atoms with Crippen LogP contribution in [0.4, 0.5) is 0 Å². The molecule has 0 aliphatic heterocycles. The van der Waals surface area contributed by atoms with Gasteiger partial charge in [-0.1, -0.05) is 300 Å². The van der Waals surface area contributed by atoms with E-state index in [2.05, 4.69) is 81.5 Å². The molecule has 6 heteroatoms. The third-order valence-electron chi connectivity index (χ3n) is 13.8. The molecule has 0 aromatic rings. The summed E-state index contributed by atoms with van der Waals surface area (Å²) in [5.41, 5.74) is 0. The Labute approximate surface area is 447 Å². The maximum atomic E-state index is 12.8. The van der Waals surface area contributed by atoms with Crippen LogP contribution in [0.2, 0.25) is 0 Å². The first-order valence-corrected chi connectivity index (χ1v) is 31.3. The molecule has 1 atom stereocenters. The molecule has 0 spiro atoms. The molecular weight excluding hydrogens is 889 g/mol. The minimum atomic E-state index is -0.767. The lowest BCUT2D eigenvalue weighted by molar-refractivity contribution is -0.167. The molecule has 0 saturated heterocycles. The third-order valence-corrected chi connectivity index (χ3v) is 13.8. The van der Waals surface area contributed by atoms with Gasteiger partial charge in [0.2, 0.25) is 0 Å². The first kappa shape index (κ1) is 69.1. The first-order valence-electron chi connectivity index (χ1n) is 31.3. The van der Waals surface area contributed by atoms with E-state index < -0.39 is 6.10 Å². The molecular formula is C66H118O6. The van der Waals surface area contributed by atoms with Gasteiger partial charge in [-0.25, -0.2) is 0 Å². The number of allylic oxidation sites excluding steroid dienone is 10. The van der Waals surface area contributed by atoms with E-state index in [0.29, 0.717) is 19.3 Å². The van der Waals surface area contributed by atoms with Crippen molar-refractivity contribution >= 4 is 17.9 Å². The highest BCUT2D eigenvalue weighted by atomic mass is 16.6. The molecule has 0 heterocycles. The van der Waals surface area contributed by atoms with Crippen LogP contribution in [0.25, 0.3) is 0 Å². The van der Waals surface area contributed by atoms with Crippen molar-refractivity contribution in [1.82, 2.24) is 0 Å². The number of hydrogen-bond acceptors (Lipinski definition) is 6. The lowest BCUT2D eigenvalue weighted by atomic mass is 10.0. The molecule has 418 valence electrons. The van der Waals surface area contributed by atoms with Gasteiger partial charge in [-0.3, -0.25) is 14.4 Å². The van der Waals surface area contributed by atoms with Crippen molar-refractivity contribution in [2.75, 3.05) is 13.2 Å². The summed E-state index contributed by atoms with van der Waals surface area (Å²) in [4.78, 5) is 38.0. The molecule has 0 amide bonds. The lowest BCUT2D eigenvalue weighted by Crippen LogP contribution is -2.30. The lowest BCUT2D eigenvalue weighted by Gasteiger charge is -2.18. The predicted molar refractivity (Wildman–Crippen MR) is 312 cm³/mol. The molecule has 0 rings (SSSR count). The van der Waals surface area contributed by atoms with Gasteiger partial charge in [0.1, 0.15) is 13.2 Å². The molecule has 0 N–H and O–H groups in total. The van der Waals surface area contributed by atoms with E-state index in [4.69, 9.17) is 14.2 Å². The van der Waals surface area contributed by atoms with E-state index in [-0.39, 0.29) is 31.1 Å². The number of hydrogen-bond donors (Lipinski definition) is 0. The zero-order valence-corrected chi connectivity index (χ0v) is 47.9. The van der Waals surface area contributed by atoms with Crippen molar-refractivity contribution in [2.24, 2.45) is 0 Å². The zero-order valence-electron chi connectivity index (χ0n) is 47.9. The van der Waals surface area contributed by atoms with Crippen LogP contribution < -0.4 is 0 Å². The average Bonchev–Trinajstić information content (AvgIpc) is 3.38. The van der Waals surface area contributed by atoms with Crippen LogP contribution in [-0.2, 0) is 28.6 Å². The van der Waals surface area contributed by atoms with Crippen LogP contribution in [0.5, 0.6) is 0 Å². The molecule has 0 aromatic heterocycles. The molecule has 0 aliphatic carbocycles. The van der Waals surface area contributed by atoms with Crippen molar-refractivity contribution in [3.63, 3.8) is 0 Å². The van der Waals surface area contributed by atoms with E-state index in [9.17, 15) is 14.4 Å². The zero-order chi connectivity index (χ0) is 52.2. The van der Waals surface area contributed by atoms with Crippen molar-refractivity contribution in [3.8, 4) is 0 Å². The Hall–Kier alpha value is -2.89. The summed E-state index contributed by atoms with van der Waals surface area (Å²) in [5.74, 6) is -0.858. The van der Waals surface area contributed by atoms with Crippen LogP contribution in [0.1, 0.15) is 323 Å². The molecule has 72 heavy (non-hydrogen) atoms. The van der Waals surface area contributed by atoms with E-state index >= 15 is 0 Å². The fourth-order valence-electron chi connectivity index (χ4n) is 9.12. The van der Waals surface area contributed by atoms with Gasteiger partial charge in [0.15, 0.2) is 6.10 Å². The van der Waals surface area contributed by atoms with E-state index in [1.165, 1.54) is 193 Å². The van der Waals surface area contributed by atoms with Gasteiger partial charge in [0, 0.05) is 19.3 Å². The van der Waals surface area contributed by atoms with Gasteiger partial charge < -0.3 is 14.2 Å². The highest BCUT2D eigenvalue weighted by Gasteiger charge is 2.19. The summed E-state index contributed by atoms with van der Waals surface area (Å²) in [7, 11) is 0. The summed E-state index contributed by atoms with van der Waals surface area (Å²) < 4.78 is 16.8. The molecule has 1 unspecified atom stereocenters. The number of ether oxygens (including phenoxy) is 3. The number of carbonyl (C=O) groups excluding carboxylic acids is 3. The predicted octanol–water partition coefficient (Wildman–Crippen LogP) is 21.2. The van der Waals surface area contributed by atoms with Gasteiger partial charge >= 0.3 is 17.9 Å². The molecule has 0 bridgehead atoms. The SMILES string of the molecule is CC/C=C\C/C=C\C/C=C\C/C=C\C/C=C\CCCCCCCCCCCCCCCCCC(=O)OCC(COC(=O)CCCCCCCCC)OC(=O)CCCCCCCCCCCCCCCCCC. The van der Waals surface area contributed by atoms with Gasteiger partial charge in [-0.05, 0) is 64.2 Å². The molecule has 0 aromatic carbocycles. The van der Waals surface area contributed by atoms with Gasteiger partial charge in [-0.15, -0.1) is 0 Å². The van der Waals surface area contributed by atoms with E-state index in [1.54, 1.807) is 0 Å². The van der Waals surface area contributed by atoms with Crippen LogP contribution in [0.15, 0.2) is 60.8 Å². The normalized spacial score (nSPS) is 12.4. The van der Waals surface area contributed by atoms with Crippen molar-refractivity contribution in [1.29, 1.82) is 0 Å². The molecule has 0 fully saturated rings. The van der Waals surface area contributed by atoms with E-state index in [1.807, 2.05) is 0 Å². The largest absolute Gasteiger partial charge is 0.462 e. The van der Waals surface area contributed by atoms with Gasteiger partial charge in [0.05, 0.1) is 0 Å². The van der Waals surface area contributed by atoms with E-state index in [0.717, 1.165) is 89.9 Å². The quantitative estimate of drug-likeness (QED) is 0.0261. The molecule has 0 aliphatic rings. The van der Waals surface area contributed by atoms with Gasteiger partial charge in [-0.2, -0.15) is 0 Å². The number of esters is 3. The maximum Gasteiger partial charge on any atom is 0.306 e. The third kappa shape index (κ3) is 58.0. The summed E-state index contributed by atoms with van der Waals surface area (Å²) in [6.07, 6.45) is 76.8. The van der Waals surface area contributed by atoms with Crippen LogP contribution >= 0.6 is 0 Å². The highest BCUT2D eigenvalue weighted by molar-refractivity contribution is 5.71. The van der Waals surface area contributed by atoms with Crippen molar-refractivity contribution in [2.45, 2.75) is 329 Å². The second kappa shape index (κ2) is 60.7. The number of unbranched alkanes of at least 4 members (excludes halogenated alkanes) is 36. The molecule has 0 radical (unpaired) electrons. The van der Waals surface area contributed by atoms with Crippen LogP contribution in [0.3, 0.4) is 0 Å². The smallest absolute Gasteiger partial charge is 0.306 e. The summed E-state index contributed by atoms with van der Waals surface area (Å²) >= 11 is 0. The Bertz CT molecular complexity index is 1290. The second-order valence-corrected chi connectivity index (χ2v) is 21.0. The minimum Gasteiger partial charge on any atom is -0.462 e.